The number of nitrogens with zero attached hydrogens (tertiary/aromatic N) is 2. The van der Waals surface area contributed by atoms with Crippen LogP contribution in [0.2, 0.25) is 0 Å². The molecule has 0 radical (unpaired) electrons. The van der Waals surface area contributed by atoms with Crippen molar-refractivity contribution in [3.63, 3.8) is 0 Å². The molecule has 0 aromatic heterocycles. The fourth-order valence-corrected chi connectivity index (χ4v) is 3.87. The summed E-state index contributed by atoms with van der Waals surface area (Å²) < 4.78 is 12.0. The number of rotatable bonds is 10. The lowest BCUT2D eigenvalue weighted by Crippen LogP contribution is -2.25. The number of anilines is 1. The number of benzene rings is 3. The Morgan fingerprint density at radius 1 is 1.11 bits per heavy atom. The number of hydrogen-bond donors (Lipinski definition) is 2. The Kier molecular flexibility index (Phi) is 9.60. The van der Waals surface area contributed by atoms with Crippen molar-refractivity contribution >= 4 is 39.6 Å². The molecule has 0 aliphatic heterocycles. The van der Waals surface area contributed by atoms with E-state index in [9.17, 15) is 9.59 Å². The van der Waals surface area contributed by atoms with Gasteiger partial charge in [0.25, 0.3) is 0 Å². The van der Waals surface area contributed by atoms with Gasteiger partial charge in [-0.05, 0) is 69.4 Å². The summed E-state index contributed by atoms with van der Waals surface area (Å²) in [5.41, 5.74) is 6.18. The van der Waals surface area contributed by atoms with Gasteiger partial charge in [0.15, 0.2) is 11.5 Å². The van der Waals surface area contributed by atoms with E-state index in [-0.39, 0.29) is 13.0 Å². The third kappa shape index (κ3) is 7.42. The van der Waals surface area contributed by atoms with Gasteiger partial charge in [-0.25, -0.2) is 5.43 Å². The molecule has 8 nitrogen and oxygen atoms in total. The quantitative estimate of drug-likeness (QED) is 0.211. The molecule has 0 aliphatic rings. The first-order valence-electron chi connectivity index (χ1n) is 11.1. The summed E-state index contributed by atoms with van der Waals surface area (Å²) in [5, 5.41) is 15.6. The minimum Gasteiger partial charge on any atom is -0.493 e. The van der Waals surface area contributed by atoms with Crippen molar-refractivity contribution in [3.05, 3.63) is 87.4 Å². The number of aryl methyl sites for hydroxylation is 1. The molecule has 2 N–H and O–H groups in total. The Morgan fingerprint density at radius 2 is 1.86 bits per heavy atom. The first kappa shape index (κ1) is 26.4. The fourth-order valence-electron chi connectivity index (χ4n) is 3.29. The largest absolute Gasteiger partial charge is 0.493 e. The highest BCUT2D eigenvalue weighted by Crippen LogP contribution is 2.36. The summed E-state index contributed by atoms with van der Waals surface area (Å²) in [7, 11) is 1.52. The summed E-state index contributed by atoms with van der Waals surface area (Å²) in [4.78, 5) is 24.3. The predicted molar refractivity (Wildman–Crippen MR) is 141 cm³/mol. The maximum absolute atomic E-state index is 12.2. The molecule has 36 heavy (non-hydrogen) atoms. The lowest BCUT2D eigenvalue weighted by Gasteiger charge is -2.13. The molecule has 0 heterocycles. The zero-order valence-corrected chi connectivity index (χ0v) is 21.5. The monoisotopic (exact) mass is 548 g/mol. The Bertz CT molecular complexity index is 1300. The Hall–Kier alpha value is -4.16. The van der Waals surface area contributed by atoms with E-state index in [1.165, 1.54) is 13.3 Å². The van der Waals surface area contributed by atoms with Crippen LogP contribution in [0.25, 0.3) is 0 Å². The van der Waals surface area contributed by atoms with E-state index < -0.39 is 11.8 Å². The van der Waals surface area contributed by atoms with Crippen LogP contribution in [0.3, 0.4) is 0 Å². The fraction of sp³-hybridized carbons (Fsp3) is 0.185. The van der Waals surface area contributed by atoms with Crippen molar-refractivity contribution in [1.29, 1.82) is 5.26 Å². The molecule has 0 spiro atoms. The number of nitriles is 1. The SMILES string of the molecule is CCc1ccccc1NC(=O)CC(=O)NN=Cc1cc(Br)c(OCc2ccc(C#N)cc2)c(OC)c1. The second kappa shape index (κ2) is 13.1. The molecule has 9 heteroatoms. The van der Waals surface area contributed by atoms with Gasteiger partial charge in [0.2, 0.25) is 11.8 Å². The third-order valence-corrected chi connectivity index (χ3v) is 5.70. The van der Waals surface area contributed by atoms with Crippen LogP contribution in [-0.4, -0.2) is 25.1 Å². The maximum Gasteiger partial charge on any atom is 0.249 e. The number of ether oxygens (including phenoxy) is 2. The summed E-state index contributed by atoms with van der Waals surface area (Å²) in [5.74, 6) is 0.0229. The highest BCUT2D eigenvalue weighted by molar-refractivity contribution is 9.10. The highest BCUT2D eigenvalue weighted by Gasteiger charge is 2.13. The van der Waals surface area contributed by atoms with Gasteiger partial charge in [-0.3, -0.25) is 9.59 Å². The smallest absolute Gasteiger partial charge is 0.249 e. The average molecular weight is 549 g/mol. The summed E-state index contributed by atoms with van der Waals surface area (Å²) in [6.45, 7) is 2.28. The number of hydrazone groups is 1. The van der Waals surface area contributed by atoms with Gasteiger partial charge in [0.05, 0.1) is 29.4 Å². The van der Waals surface area contributed by atoms with Gasteiger partial charge < -0.3 is 14.8 Å². The topological polar surface area (TPSA) is 113 Å². The van der Waals surface area contributed by atoms with Crippen molar-refractivity contribution in [1.82, 2.24) is 5.43 Å². The van der Waals surface area contributed by atoms with Gasteiger partial charge in [0.1, 0.15) is 13.0 Å². The number of carbonyl (C=O) groups excluding carboxylic acids is 2. The predicted octanol–water partition coefficient (Wildman–Crippen LogP) is 4.95. The number of nitrogens with one attached hydrogen (secondary N) is 2. The van der Waals surface area contributed by atoms with Crippen molar-refractivity contribution in [2.45, 2.75) is 26.4 Å². The minimum atomic E-state index is -0.536. The number of halogens is 1. The standard InChI is InChI=1S/C27H25BrN4O4/c1-3-21-6-4-5-7-23(21)31-25(33)14-26(34)32-30-16-20-12-22(28)27(24(13-20)35-2)36-17-19-10-8-18(15-29)9-11-19/h4-13,16H,3,14,17H2,1-2H3,(H,31,33)(H,32,34). The molecule has 184 valence electrons. The van der Waals surface area contributed by atoms with Crippen molar-refractivity contribution in [3.8, 4) is 17.6 Å². The minimum absolute atomic E-state index is 0.287. The number of hydrogen-bond acceptors (Lipinski definition) is 6. The molecule has 0 unspecified atom stereocenters. The Morgan fingerprint density at radius 3 is 2.56 bits per heavy atom. The zero-order valence-electron chi connectivity index (χ0n) is 19.9. The van der Waals surface area contributed by atoms with E-state index >= 15 is 0 Å². The number of amides is 2. The second-order valence-corrected chi connectivity index (χ2v) is 8.51. The Labute approximate surface area is 218 Å². The van der Waals surface area contributed by atoms with Gasteiger partial charge in [-0.1, -0.05) is 37.3 Å². The third-order valence-electron chi connectivity index (χ3n) is 5.11. The van der Waals surface area contributed by atoms with Crippen LogP contribution in [0.5, 0.6) is 11.5 Å². The van der Waals surface area contributed by atoms with Crippen LogP contribution in [-0.2, 0) is 22.6 Å². The normalized spacial score (nSPS) is 10.5. The lowest BCUT2D eigenvalue weighted by molar-refractivity contribution is -0.126. The number of para-hydroxylation sites is 1. The lowest BCUT2D eigenvalue weighted by atomic mass is 10.1. The Balaban J connectivity index is 1.57. The molecule has 0 bridgehead atoms. The zero-order chi connectivity index (χ0) is 25.9. The van der Waals surface area contributed by atoms with Gasteiger partial charge >= 0.3 is 0 Å². The molecule has 2 amide bonds. The molecule has 0 saturated heterocycles. The molecule has 3 aromatic rings. The van der Waals surface area contributed by atoms with E-state index in [2.05, 4.69) is 37.8 Å². The molecule has 0 aliphatic carbocycles. The highest BCUT2D eigenvalue weighted by atomic mass is 79.9. The van der Waals surface area contributed by atoms with Crippen LogP contribution in [0.4, 0.5) is 5.69 Å². The first-order chi connectivity index (χ1) is 17.4. The number of methoxy groups -OCH3 is 1. The average Bonchev–Trinajstić information content (AvgIpc) is 2.88. The molecular formula is C27H25BrN4O4. The van der Waals surface area contributed by atoms with E-state index in [4.69, 9.17) is 14.7 Å². The van der Waals surface area contributed by atoms with Crippen LogP contribution >= 0.6 is 15.9 Å². The molecule has 3 aromatic carbocycles. The number of carbonyl (C=O) groups is 2. The molecule has 0 fully saturated rings. The van der Waals surface area contributed by atoms with Crippen LogP contribution in [0.1, 0.15) is 35.6 Å². The molecular weight excluding hydrogens is 524 g/mol. The van der Waals surface area contributed by atoms with Gasteiger partial charge in [-0.2, -0.15) is 10.4 Å². The van der Waals surface area contributed by atoms with Crippen molar-refractivity contribution in [2.24, 2.45) is 5.10 Å². The van der Waals surface area contributed by atoms with E-state index in [0.717, 1.165) is 17.5 Å². The van der Waals surface area contributed by atoms with Crippen LogP contribution in [0.15, 0.2) is 70.2 Å². The van der Waals surface area contributed by atoms with E-state index in [0.29, 0.717) is 32.8 Å². The molecule has 3 rings (SSSR count). The van der Waals surface area contributed by atoms with Crippen LogP contribution in [0, 0.1) is 11.3 Å². The summed E-state index contributed by atoms with van der Waals surface area (Å²) in [6, 6.07) is 20.1. The van der Waals surface area contributed by atoms with Crippen LogP contribution < -0.4 is 20.2 Å². The van der Waals surface area contributed by atoms with E-state index in [1.54, 1.807) is 30.3 Å². The maximum atomic E-state index is 12.2. The van der Waals surface area contributed by atoms with Gasteiger partial charge in [0, 0.05) is 5.69 Å². The van der Waals surface area contributed by atoms with E-state index in [1.807, 2.05) is 37.3 Å². The molecule has 0 saturated carbocycles. The van der Waals surface area contributed by atoms with Gasteiger partial charge in [-0.15, -0.1) is 0 Å². The summed E-state index contributed by atoms with van der Waals surface area (Å²) in [6.07, 6.45) is 1.86. The summed E-state index contributed by atoms with van der Waals surface area (Å²) >= 11 is 3.48. The van der Waals surface area contributed by atoms with Crippen molar-refractivity contribution < 1.29 is 19.1 Å². The first-order valence-corrected chi connectivity index (χ1v) is 11.9. The molecule has 0 atom stereocenters. The second-order valence-electron chi connectivity index (χ2n) is 7.66. The van der Waals surface area contributed by atoms with Crippen molar-refractivity contribution in [2.75, 3.05) is 12.4 Å².